The maximum Gasteiger partial charge on any atom is 0.279 e. The molecule has 1 aliphatic rings. The molecule has 1 saturated heterocycles. The van der Waals surface area contributed by atoms with Gasteiger partial charge in [0.2, 0.25) is 0 Å². The van der Waals surface area contributed by atoms with Crippen molar-refractivity contribution in [1.29, 1.82) is 0 Å². The Morgan fingerprint density at radius 2 is 2.00 bits per heavy atom. The van der Waals surface area contributed by atoms with E-state index >= 15 is 0 Å². The number of nitrogens with one attached hydrogen (secondary N) is 1. The van der Waals surface area contributed by atoms with Crippen molar-refractivity contribution in [2.45, 2.75) is 38.8 Å². The molecule has 1 aromatic rings. The summed E-state index contributed by atoms with van der Waals surface area (Å²) in [6, 6.07) is 9.42. The first-order chi connectivity index (χ1) is 9.47. The Hall–Kier alpha value is -1.11. The highest BCUT2D eigenvalue weighted by molar-refractivity contribution is 7.87. The van der Waals surface area contributed by atoms with Crippen LogP contribution in [-0.4, -0.2) is 38.0 Å². The molecule has 0 saturated carbocycles. The zero-order valence-corrected chi connectivity index (χ0v) is 12.8. The summed E-state index contributed by atoms with van der Waals surface area (Å²) in [6.45, 7) is 4.59. The van der Waals surface area contributed by atoms with E-state index in [1.165, 1.54) is 4.31 Å². The predicted octanol–water partition coefficient (Wildman–Crippen LogP) is 1.77. The van der Waals surface area contributed by atoms with Crippen molar-refractivity contribution in [3.05, 3.63) is 30.3 Å². The van der Waals surface area contributed by atoms with Gasteiger partial charge in [-0.2, -0.15) is 17.4 Å². The molecule has 2 rings (SSSR count). The molecule has 20 heavy (non-hydrogen) atoms. The largest absolute Gasteiger partial charge is 0.489 e. The Kier molecular flexibility index (Phi) is 5.01. The molecule has 5 nitrogen and oxygen atoms in total. The number of hydrogen-bond acceptors (Lipinski definition) is 3. The SMILES string of the molecule is CC(C)NS(=O)(=O)N1CCCC(Oc2ccccc2)C1. The number of ether oxygens (including phenoxy) is 1. The smallest absolute Gasteiger partial charge is 0.279 e. The van der Waals surface area contributed by atoms with Crippen LogP contribution >= 0.6 is 0 Å². The van der Waals surface area contributed by atoms with Gasteiger partial charge >= 0.3 is 0 Å². The Labute approximate surface area is 121 Å². The third kappa shape index (κ3) is 4.19. The van der Waals surface area contributed by atoms with Crippen molar-refractivity contribution in [2.75, 3.05) is 13.1 Å². The quantitative estimate of drug-likeness (QED) is 0.901. The third-order valence-electron chi connectivity index (χ3n) is 3.11. The van der Waals surface area contributed by atoms with E-state index in [2.05, 4.69) is 4.72 Å². The highest BCUT2D eigenvalue weighted by Crippen LogP contribution is 2.19. The lowest BCUT2D eigenvalue weighted by Gasteiger charge is -2.32. The van der Waals surface area contributed by atoms with Crippen LogP contribution in [0.25, 0.3) is 0 Å². The van der Waals surface area contributed by atoms with Crippen molar-refractivity contribution in [3.8, 4) is 5.75 Å². The molecule has 0 aliphatic carbocycles. The first kappa shape index (κ1) is 15.3. The van der Waals surface area contributed by atoms with Gasteiger partial charge in [0.05, 0.1) is 6.54 Å². The van der Waals surface area contributed by atoms with Crippen molar-refractivity contribution < 1.29 is 13.2 Å². The van der Waals surface area contributed by atoms with E-state index in [-0.39, 0.29) is 12.1 Å². The number of nitrogens with zero attached hydrogens (tertiary/aromatic N) is 1. The minimum atomic E-state index is -3.40. The van der Waals surface area contributed by atoms with Crippen molar-refractivity contribution in [3.63, 3.8) is 0 Å². The van der Waals surface area contributed by atoms with Gasteiger partial charge in [-0.1, -0.05) is 18.2 Å². The van der Waals surface area contributed by atoms with Gasteiger partial charge in [0.1, 0.15) is 11.9 Å². The zero-order valence-electron chi connectivity index (χ0n) is 12.0. The summed E-state index contributed by atoms with van der Waals surface area (Å²) in [5.74, 6) is 0.786. The average molecular weight is 298 g/mol. The molecule has 1 aromatic carbocycles. The topological polar surface area (TPSA) is 58.6 Å². The standard InChI is InChI=1S/C14H22N2O3S/c1-12(2)15-20(17,18)16-10-6-9-14(11-16)19-13-7-4-3-5-8-13/h3-5,7-8,12,14-15H,6,9-11H2,1-2H3. The number of para-hydroxylation sites is 1. The van der Waals surface area contributed by atoms with Crippen LogP contribution in [0, 0.1) is 0 Å². The van der Waals surface area contributed by atoms with Crippen molar-refractivity contribution in [1.82, 2.24) is 9.03 Å². The predicted molar refractivity (Wildman–Crippen MR) is 78.9 cm³/mol. The molecule has 0 bridgehead atoms. The molecule has 0 radical (unpaired) electrons. The molecule has 1 unspecified atom stereocenters. The highest BCUT2D eigenvalue weighted by Gasteiger charge is 2.30. The molecule has 1 aliphatic heterocycles. The number of rotatable bonds is 5. The summed E-state index contributed by atoms with van der Waals surface area (Å²) < 4.78 is 34.3. The maximum atomic E-state index is 12.2. The van der Waals surface area contributed by atoms with Gasteiger partial charge in [-0.25, -0.2) is 0 Å². The molecule has 6 heteroatoms. The lowest BCUT2D eigenvalue weighted by atomic mass is 10.1. The fourth-order valence-electron chi connectivity index (χ4n) is 2.28. The van der Waals surface area contributed by atoms with E-state index < -0.39 is 10.2 Å². The van der Waals surface area contributed by atoms with E-state index in [0.717, 1.165) is 18.6 Å². The third-order valence-corrected chi connectivity index (χ3v) is 4.89. The Balaban J connectivity index is 1.98. The normalized spacial score (nSPS) is 21.1. The molecule has 1 heterocycles. The summed E-state index contributed by atoms with van der Waals surface area (Å²) in [4.78, 5) is 0. The summed E-state index contributed by atoms with van der Waals surface area (Å²) in [6.07, 6.45) is 1.61. The van der Waals surface area contributed by atoms with Gasteiger partial charge in [0.15, 0.2) is 0 Å². The lowest BCUT2D eigenvalue weighted by Crippen LogP contribution is -2.50. The number of benzene rings is 1. The molecular formula is C14H22N2O3S. The zero-order chi connectivity index (χ0) is 14.6. The fraction of sp³-hybridized carbons (Fsp3) is 0.571. The van der Waals surface area contributed by atoms with E-state index in [1.54, 1.807) is 0 Å². The van der Waals surface area contributed by atoms with Crippen LogP contribution in [0.4, 0.5) is 0 Å². The van der Waals surface area contributed by atoms with Gasteiger partial charge in [-0.3, -0.25) is 0 Å². The molecule has 1 atom stereocenters. The molecular weight excluding hydrogens is 276 g/mol. The van der Waals surface area contributed by atoms with Gasteiger partial charge < -0.3 is 4.74 Å². The van der Waals surface area contributed by atoms with Crippen LogP contribution in [0.2, 0.25) is 0 Å². The van der Waals surface area contributed by atoms with E-state index in [0.29, 0.717) is 13.1 Å². The van der Waals surface area contributed by atoms with E-state index in [9.17, 15) is 8.42 Å². The summed E-state index contributed by atoms with van der Waals surface area (Å²) in [5, 5.41) is 0. The van der Waals surface area contributed by atoms with Gasteiger partial charge in [-0.15, -0.1) is 0 Å². The van der Waals surface area contributed by atoms with Crippen LogP contribution in [0.1, 0.15) is 26.7 Å². The molecule has 1 fully saturated rings. The van der Waals surface area contributed by atoms with Crippen LogP contribution in [0.3, 0.4) is 0 Å². The van der Waals surface area contributed by atoms with Gasteiger partial charge in [0, 0.05) is 12.6 Å². The van der Waals surface area contributed by atoms with E-state index in [1.807, 2.05) is 44.2 Å². The van der Waals surface area contributed by atoms with Crippen molar-refractivity contribution in [2.24, 2.45) is 0 Å². The maximum absolute atomic E-state index is 12.2. The van der Waals surface area contributed by atoms with Crippen LogP contribution < -0.4 is 9.46 Å². The van der Waals surface area contributed by atoms with Crippen LogP contribution in [0.15, 0.2) is 30.3 Å². The molecule has 112 valence electrons. The molecule has 1 N–H and O–H groups in total. The number of hydrogen-bond donors (Lipinski definition) is 1. The Morgan fingerprint density at radius 3 is 2.65 bits per heavy atom. The highest BCUT2D eigenvalue weighted by atomic mass is 32.2. The fourth-order valence-corrected chi connectivity index (χ4v) is 3.76. The van der Waals surface area contributed by atoms with E-state index in [4.69, 9.17) is 4.74 Å². The average Bonchev–Trinajstić information content (AvgIpc) is 2.39. The van der Waals surface area contributed by atoms with Crippen LogP contribution in [0.5, 0.6) is 5.75 Å². The second-order valence-corrected chi connectivity index (χ2v) is 7.03. The molecule has 0 amide bonds. The summed E-state index contributed by atoms with van der Waals surface area (Å²) >= 11 is 0. The molecule has 0 spiro atoms. The van der Waals surface area contributed by atoms with Crippen LogP contribution in [-0.2, 0) is 10.2 Å². The Morgan fingerprint density at radius 1 is 1.30 bits per heavy atom. The lowest BCUT2D eigenvalue weighted by molar-refractivity contribution is 0.129. The monoisotopic (exact) mass is 298 g/mol. The number of piperidine rings is 1. The second kappa shape index (κ2) is 6.56. The summed E-state index contributed by atoms with van der Waals surface area (Å²) in [5.41, 5.74) is 0. The minimum Gasteiger partial charge on any atom is -0.489 e. The van der Waals surface area contributed by atoms with Gasteiger partial charge in [-0.05, 0) is 38.8 Å². The van der Waals surface area contributed by atoms with Crippen molar-refractivity contribution >= 4 is 10.2 Å². The minimum absolute atomic E-state index is 0.0881. The molecule has 0 aromatic heterocycles. The Bertz CT molecular complexity index is 516. The van der Waals surface area contributed by atoms with Gasteiger partial charge in [0.25, 0.3) is 10.2 Å². The second-order valence-electron chi connectivity index (χ2n) is 5.33. The first-order valence-electron chi connectivity index (χ1n) is 6.96. The first-order valence-corrected chi connectivity index (χ1v) is 8.40. The summed E-state index contributed by atoms with van der Waals surface area (Å²) in [7, 11) is -3.40.